The number of rotatable bonds is 5. The van der Waals surface area contributed by atoms with E-state index in [-0.39, 0.29) is 18.0 Å². The number of nitrogens with one attached hydrogen (secondary N) is 1. The van der Waals surface area contributed by atoms with Crippen molar-refractivity contribution in [2.24, 2.45) is 5.73 Å². The number of nitrogens with zero attached hydrogens (tertiary/aromatic N) is 1. The van der Waals surface area contributed by atoms with Crippen molar-refractivity contribution in [1.29, 1.82) is 0 Å². The Morgan fingerprint density at radius 3 is 3.00 bits per heavy atom. The van der Waals surface area contributed by atoms with Crippen molar-refractivity contribution >= 4 is 5.91 Å². The first-order valence-corrected chi connectivity index (χ1v) is 5.94. The van der Waals surface area contributed by atoms with Gasteiger partial charge in [-0.05, 0) is 13.8 Å². The third-order valence-electron chi connectivity index (χ3n) is 2.70. The zero-order chi connectivity index (χ0) is 12.0. The van der Waals surface area contributed by atoms with Crippen molar-refractivity contribution in [3.05, 3.63) is 0 Å². The molecule has 0 aromatic heterocycles. The van der Waals surface area contributed by atoms with Crippen molar-refractivity contribution in [2.75, 3.05) is 32.8 Å². The third-order valence-corrected chi connectivity index (χ3v) is 2.70. The fourth-order valence-electron chi connectivity index (χ4n) is 1.84. The van der Waals surface area contributed by atoms with Crippen LogP contribution in [0.2, 0.25) is 0 Å². The van der Waals surface area contributed by atoms with E-state index < -0.39 is 0 Å². The smallest absolute Gasteiger partial charge is 0.221 e. The quantitative estimate of drug-likeness (QED) is 0.671. The molecule has 5 heteroatoms. The Labute approximate surface area is 97.3 Å². The van der Waals surface area contributed by atoms with E-state index in [1.54, 1.807) is 0 Å². The predicted octanol–water partition coefficient (Wildman–Crippen LogP) is -0.439. The van der Waals surface area contributed by atoms with E-state index >= 15 is 0 Å². The summed E-state index contributed by atoms with van der Waals surface area (Å²) in [5, 5.41) is 2.89. The number of carbonyl (C=O) groups is 1. The molecule has 16 heavy (non-hydrogen) atoms. The van der Waals surface area contributed by atoms with Crippen LogP contribution < -0.4 is 11.1 Å². The molecule has 0 aromatic carbocycles. The Balaban J connectivity index is 2.27. The number of hydrogen-bond acceptors (Lipinski definition) is 4. The van der Waals surface area contributed by atoms with Gasteiger partial charge in [0.15, 0.2) is 0 Å². The summed E-state index contributed by atoms with van der Waals surface area (Å²) in [6.07, 6.45) is 0.536. The van der Waals surface area contributed by atoms with Gasteiger partial charge in [-0.2, -0.15) is 0 Å². The maximum atomic E-state index is 11.5. The second kappa shape index (κ2) is 6.83. The Kier molecular flexibility index (Phi) is 5.73. The fraction of sp³-hybridized carbons (Fsp3) is 0.909. The maximum absolute atomic E-state index is 11.5. The van der Waals surface area contributed by atoms with E-state index in [0.29, 0.717) is 19.6 Å². The Morgan fingerprint density at radius 2 is 2.38 bits per heavy atom. The van der Waals surface area contributed by atoms with Crippen molar-refractivity contribution in [3.8, 4) is 0 Å². The van der Waals surface area contributed by atoms with Crippen LogP contribution in [0.3, 0.4) is 0 Å². The minimum absolute atomic E-state index is 0.109. The second-order valence-corrected chi connectivity index (χ2v) is 4.47. The molecule has 3 N–H and O–H groups in total. The van der Waals surface area contributed by atoms with Crippen LogP contribution in [-0.2, 0) is 9.53 Å². The molecule has 1 saturated heterocycles. The zero-order valence-corrected chi connectivity index (χ0v) is 10.2. The normalized spacial score (nSPS) is 22.4. The number of nitrogens with two attached hydrogens (primary N) is 1. The number of hydrogen-bond donors (Lipinski definition) is 2. The molecule has 1 aliphatic rings. The van der Waals surface area contributed by atoms with Crippen LogP contribution in [0.4, 0.5) is 0 Å². The lowest BCUT2D eigenvalue weighted by Crippen LogP contribution is -2.50. The molecule has 1 rings (SSSR count). The fourth-order valence-corrected chi connectivity index (χ4v) is 1.84. The summed E-state index contributed by atoms with van der Waals surface area (Å²) in [7, 11) is 0. The van der Waals surface area contributed by atoms with Crippen LogP contribution in [-0.4, -0.2) is 55.7 Å². The summed E-state index contributed by atoms with van der Waals surface area (Å²) < 4.78 is 5.35. The second-order valence-electron chi connectivity index (χ2n) is 4.47. The van der Waals surface area contributed by atoms with Gasteiger partial charge in [0.1, 0.15) is 0 Å². The zero-order valence-electron chi connectivity index (χ0n) is 10.2. The average Bonchev–Trinajstić information content (AvgIpc) is 2.26. The van der Waals surface area contributed by atoms with Crippen LogP contribution in [0.1, 0.15) is 20.3 Å². The van der Waals surface area contributed by atoms with Gasteiger partial charge in [0.2, 0.25) is 5.91 Å². The van der Waals surface area contributed by atoms with Gasteiger partial charge in [0.05, 0.1) is 13.2 Å². The van der Waals surface area contributed by atoms with Crippen molar-refractivity contribution in [1.82, 2.24) is 10.2 Å². The van der Waals surface area contributed by atoms with E-state index in [4.69, 9.17) is 10.5 Å². The lowest BCUT2D eigenvalue weighted by molar-refractivity contribution is -0.122. The van der Waals surface area contributed by atoms with E-state index in [1.807, 2.05) is 13.8 Å². The molecular formula is C11H23N3O2. The highest BCUT2D eigenvalue weighted by Crippen LogP contribution is 2.06. The topological polar surface area (TPSA) is 67.6 Å². The molecule has 1 amide bonds. The highest BCUT2D eigenvalue weighted by molar-refractivity contribution is 5.76. The van der Waals surface area contributed by atoms with Gasteiger partial charge in [-0.25, -0.2) is 0 Å². The molecule has 0 aromatic rings. The Hall–Kier alpha value is -0.650. The Morgan fingerprint density at radius 1 is 1.62 bits per heavy atom. The van der Waals surface area contributed by atoms with Crippen LogP contribution in [0.15, 0.2) is 0 Å². The molecule has 94 valence electrons. The number of carbonyl (C=O) groups excluding carboxylic acids is 1. The molecular weight excluding hydrogens is 206 g/mol. The first kappa shape index (κ1) is 13.4. The molecule has 0 saturated carbocycles. The first-order valence-electron chi connectivity index (χ1n) is 5.94. The van der Waals surface area contributed by atoms with E-state index in [0.717, 1.165) is 19.7 Å². The summed E-state index contributed by atoms with van der Waals surface area (Å²) in [4.78, 5) is 13.7. The van der Waals surface area contributed by atoms with Crippen molar-refractivity contribution < 1.29 is 9.53 Å². The van der Waals surface area contributed by atoms with E-state index in [1.165, 1.54) is 0 Å². The van der Waals surface area contributed by atoms with Crippen LogP contribution >= 0.6 is 0 Å². The summed E-state index contributed by atoms with van der Waals surface area (Å²) in [5.74, 6) is 0.109. The van der Waals surface area contributed by atoms with Gasteiger partial charge in [0.25, 0.3) is 0 Å². The Bertz CT molecular complexity index is 221. The highest BCUT2D eigenvalue weighted by atomic mass is 16.5. The number of morpholine rings is 1. The molecule has 1 unspecified atom stereocenters. The molecule has 0 bridgehead atoms. The van der Waals surface area contributed by atoms with Gasteiger partial charge in [-0.3, -0.25) is 9.69 Å². The van der Waals surface area contributed by atoms with Gasteiger partial charge in [-0.15, -0.1) is 0 Å². The molecule has 1 heterocycles. The van der Waals surface area contributed by atoms with Gasteiger partial charge in [-0.1, -0.05) is 0 Å². The standard InChI is InChI=1S/C11H23N3O2/c1-9(2)13-11(15)3-4-14-5-6-16-8-10(14)7-12/h9-10H,3-8,12H2,1-2H3,(H,13,15). The van der Waals surface area contributed by atoms with Crippen LogP contribution in [0, 0.1) is 0 Å². The summed E-state index contributed by atoms with van der Waals surface area (Å²) in [5.41, 5.74) is 5.66. The van der Waals surface area contributed by atoms with Crippen LogP contribution in [0.25, 0.3) is 0 Å². The lowest BCUT2D eigenvalue weighted by Gasteiger charge is -2.34. The first-order chi connectivity index (χ1) is 7.63. The molecule has 0 aliphatic carbocycles. The highest BCUT2D eigenvalue weighted by Gasteiger charge is 2.21. The molecule has 5 nitrogen and oxygen atoms in total. The summed E-state index contributed by atoms with van der Waals surface area (Å²) >= 11 is 0. The van der Waals surface area contributed by atoms with E-state index in [9.17, 15) is 4.79 Å². The number of ether oxygens (including phenoxy) is 1. The minimum atomic E-state index is 0.109. The monoisotopic (exact) mass is 229 g/mol. The van der Waals surface area contributed by atoms with Gasteiger partial charge >= 0.3 is 0 Å². The van der Waals surface area contributed by atoms with Crippen molar-refractivity contribution in [2.45, 2.75) is 32.4 Å². The summed E-state index contributed by atoms with van der Waals surface area (Å²) in [6, 6.07) is 0.475. The minimum Gasteiger partial charge on any atom is -0.378 e. The van der Waals surface area contributed by atoms with E-state index in [2.05, 4.69) is 10.2 Å². The maximum Gasteiger partial charge on any atom is 0.221 e. The molecule has 1 fully saturated rings. The lowest BCUT2D eigenvalue weighted by atomic mass is 10.2. The number of amides is 1. The third kappa shape index (κ3) is 4.47. The molecule has 1 aliphatic heterocycles. The molecule has 0 radical (unpaired) electrons. The predicted molar refractivity (Wildman–Crippen MR) is 63.1 cm³/mol. The average molecular weight is 229 g/mol. The van der Waals surface area contributed by atoms with Gasteiger partial charge in [0, 0.05) is 38.1 Å². The molecule has 1 atom stereocenters. The largest absolute Gasteiger partial charge is 0.378 e. The summed E-state index contributed by atoms with van der Waals surface area (Å²) in [6.45, 7) is 7.58. The van der Waals surface area contributed by atoms with Crippen LogP contribution in [0.5, 0.6) is 0 Å². The van der Waals surface area contributed by atoms with Gasteiger partial charge < -0.3 is 15.8 Å². The molecule has 0 spiro atoms. The van der Waals surface area contributed by atoms with Crippen molar-refractivity contribution in [3.63, 3.8) is 0 Å². The SMILES string of the molecule is CC(C)NC(=O)CCN1CCOCC1CN.